The number of unbranched alkanes of at least 4 members (excludes halogenated alkanes) is 35. The molecule has 0 spiro atoms. The van der Waals surface area contributed by atoms with Crippen LogP contribution in [0.1, 0.15) is 271 Å². The predicted octanol–water partition coefficient (Wildman–Crippen LogP) is 16.9. The summed E-state index contributed by atoms with van der Waals surface area (Å²) in [4.78, 5) is 0. The molecule has 0 aromatic heterocycles. The van der Waals surface area contributed by atoms with Gasteiger partial charge in [0.15, 0.2) is 0 Å². The van der Waals surface area contributed by atoms with Crippen molar-refractivity contribution in [1.82, 2.24) is 0 Å². The first-order valence-corrected chi connectivity index (χ1v) is 21.3. The highest BCUT2D eigenvalue weighted by Gasteiger charge is 2.02. The van der Waals surface area contributed by atoms with Crippen molar-refractivity contribution in [2.24, 2.45) is 5.92 Å². The smallest absolute Gasteiger partial charge is 0.0443 e. The van der Waals surface area contributed by atoms with Gasteiger partial charge in [0.2, 0.25) is 0 Å². The summed E-state index contributed by atoms with van der Waals surface area (Å²) in [7, 11) is 0. The highest BCUT2D eigenvalue weighted by molar-refractivity contribution is 4.57. The van der Waals surface area contributed by atoms with E-state index in [1.54, 1.807) is 0 Å². The fraction of sp³-hybridized carbons (Fsp3) is 1.00. The minimum atomic E-state index is 0.966. The lowest BCUT2D eigenvalue weighted by Crippen LogP contribution is -1.95. The van der Waals surface area contributed by atoms with Crippen molar-refractivity contribution in [2.45, 2.75) is 271 Å². The predicted molar refractivity (Wildman–Crippen MR) is 201 cm³/mol. The molecule has 1 atom stereocenters. The zero-order valence-corrected chi connectivity index (χ0v) is 31.2. The fourth-order valence-corrected chi connectivity index (χ4v) is 7.11. The van der Waals surface area contributed by atoms with E-state index >= 15 is 0 Å². The molecule has 0 heteroatoms. The lowest BCUT2D eigenvalue weighted by Gasteiger charge is -2.11. The third-order valence-corrected chi connectivity index (χ3v) is 10.4. The van der Waals surface area contributed by atoms with Crippen LogP contribution in [0.4, 0.5) is 0 Å². The van der Waals surface area contributed by atoms with E-state index in [0.717, 1.165) is 5.92 Å². The Bertz CT molecular complexity index is 453. The molecule has 0 nitrogen and oxygen atoms in total. The molecule has 0 rings (SSSR count). The van der Waals surface area contributed by atoms with Crippen LogP contribution < -0.4 is 0 Å². The molecule has 1 unspecified atom stereocenters. The van der Waals surface area contributed by atoms with Crippen LogP contribution in [-0.4, -0.2) is 0 Å². The molecule has 0 aromatic rings. The third kappa shape index (κ3) is 40.0. The first-order chi connectivity index (χ1) is 21.3. The normalized spacial score (nSPS) is 12.3. The first kappa shape index (κ1) is 43.0. The average molecular weight is 605 g/mol. The van der Waals surface area contributed by atoms with Crippen molar-refractivity contribution < 1.29 is 0 Å². The van der Waals surface area contributed by atoms with Crippen LogP contribution in [0.15, 0.2) is 0 Å². The molecule has 0 aliphatic carbocycles. The Morgan fingerprint density at radius 3 is 0.512 bits per heavy atom. The van der Waals surface area contributed by atoms with Crippen LogP contribution in [0.25, 0.3) is 0 Å². The van der Waals surface area contributed by atoms with E-state index in [4.69, 9.17) is 0 Å². The van der Waals surface area contributed by atoms with Crippen LogP contribution in [0.2, 0.25) is 0 Å². The van der Waals surface area contributed by atoms with Gasteiger partial charge >= 0.3 is 0 Å². The zero-order chi connectivity index (χ0) is 31.2. The molecule has 0 aliphatic rings. The molecule has 0 saturated carbocycles. The molecule has 43 heavy (non-hydrogen) atoms. The van der Waals surface area contributed by atoms with Crippen molar-refractivity contribution in [3.05, 3.63) is 0 Å². The van der Waals surface area contributed by atoms with E-state index in [2.05, 4.69) is 20.8 Å². The Hall–Kier alpha value is 0. The Morgan fingerprint density at radius 2 is 0.349 bits per heavy atom. The van der Waals surface area contributed by atoms with Gasteiger partial charge in [-0.25, -0.2) is 0 Å². The maximum Gasteiger partial charge on any atom is -0.0443 e. The average Bonchev–Trinajstić information content (AvgIpc) is 3.01. The molecule has 0 bridgehead atoms. The van der Waals surface area contributed by atoms with Gasteiger partial charge in [0.05, 0.1) is 0 Å². The molecular formula is C43H88. The number of hydrogen-bond acceptors (Lipinski definition) is 0. The SMILES string of the molecule is CCCCCCCCCCCCCCCCCCCCCCCCCCCCCC(C)CCCCCCCCCCCC. The largest absolute Gasteiger partial charge is 0.0654 e. The highest BCUT2D eigenvalue weighted by Crippen LogP contribution is 2.20. The van der Waals surface area contributed by atoms with Crippen LogP contribution in [-0.2, 0) is 0 Å². The van der Waals surface area contributed by atoms with E-state index in [9.17, 15) is 0 Å². The van der Waals surface area contributed by atoms with Crippen LogP contribution in [0.5, 0.6) is 0 Å². The highest BCUT2D eigenvalue weighted by atomic mass is 14.1. The van der Waals surface area contributed by atoms with Gasteiger partial charge in [-0.05, 0) is 5.92 Å². The number of hydrogen-bond donors (Lipinski definition) is 0. The van der Waals surface area contributed by atoms with Crippen molar-refractivity contribution in [2.75, 3.05) is 0 Å². The van der Waals surface area contributed by atoms with E-state index in [0.29, 0.717) is 0 Å². The third-order valence-electron chi connectivity index (χ3n) is 10.4. The molecule has 0 saturated heterocycles. The minimum absolute atomic E-state index is 0.966. The fourth-order valence-electron chi connectivity index (χ4n) is 7.11. The molecule has 0 heterocycles. The molecule has 0 radical (unpaired) electrons. The van der Waals surface area contributed by atoms with Gasteiger partial charge in [0.1, 0.15) is 0 Å². The van der Waals surface area contributed by atoms with E-state index in [-0.39, 0.29) is 0 Å². The molecule has 260 valence electrons. The Balaban J connectivity index is 3.11. The Kier molecular flexibility index (Phi) is 40.0. The minimum Gasteiger partial charge on any atom is -0.0654 e. The maximum atomic E-state index is 2.51. The van der Waals surface area contributed by atoms with E-state index < -0.39 is 0 Å². The summed E-state index contributed by atoms with van der Waals surface area (Å²) in [6.07, 6.45) is 57.7. The topological polar surface area (TPSA) is 0 Å². The molecule has 0 aromatic carbocycles. The van der Waals surface area contributed by atoms with Crippen molar-refractivity contribution in [1.29, 1.82) is 0 Å². The Labute approximate surface area is 276 Å². The summed E-state index contributed by atoms with van der Waals surface area (Å²) in [6.45, 7) is 7.13. The second-order valence-corrected chi connectivity index (χ2v) is 15.1. The van der Waals surface area contributed by atoms with Gasteiger partial charge in [-0.2, -0.15) is 0 Å². The van der Waals surface area contributed by atoms with E-state index in [1.807, 2.05) is 0 Å². The first-order valence-electron chi connectivity index (χ1n) is 21.3. The summed E-state index contributed by atoms with van der Waals surface area (Å²) in [5.74, 6) is 0.966. The lowest BCUT2D eigenvalue weighted by atomic mass is 9.95. The van der Waals surface area contributed by atoms with Crippen molar-refractivity contribution >= 4 is 0 Å². The molecule has 0 aliphatic heterocycles. The second kappa shape index (κ2) is 40.0. The monoisotopic (exact) mass is 605 g/mol. The van der Waals surface area contributed by atoms with Crippen molar-refractivity contribution in [3.8, 4) is 0 Å². The molecular weight excluding hydrogens is 516 g/mol. The molecule has 0 amide bonds. The summed E-state index contributed by atoms with van der Waals surface area (Å²) in [5, 5.41) is 0. The Morgan fingerprint density at radius 1 is 0.209 bits per heavy atom. The van der Waals surface area contributed by atoms with E-state index in [1.165, 1.54) is 250 Å². The van der Waals surface area contributed by atoms with Crippen LogP contribution >= 0.6 is 0 Å². The van der Waals surface area contributed by atoms with Gasteiger partial charge in [-0.3, -0.25) is 0 Å². The van der Waals surface area contributed by atoms with Crippen molar-refractivity contribution in [3.63, 3.8) is 0 Å². The summed E-state index contributed by atoms with van der Waals surface area (Å²) < 4.78 is 0. The summed E-state index contributed by atoms with van der Waals surface area (Å²) in [5.41, 5.74) is 0. The van der Waals surface area contributed by atoms with Gasteiger partial charge < -0.3 is 0 Å². The molecule has 0 fully saturated rings. The lowest BCUT2D eigenvalue weighted by molar-refractivity contribution is 0.429. The van der Waals surface area contributed by atoms with Gasteiger partial charge in [0.25, 0.3) is 0 Å². The number of rotatable bonds is 39. The quantitative estimate of drug-likeness (QED) is 0.0612. The van der Waals surface area contributed by atoms with Gasteiger partial charge in [-0.15, -0.1) is 0 Å². The maximum absolute atomic E-state index is 2.51. The van der Waals surface area contributed by atoms with Crippen LogP contribution in [0, 0.1) is 5.92 Å². The van der Waals surface area contributed by atoms with Gasteiger partial charge in [-0.1, -0.05) is 271 Å². The second-order valence-electron chi connectivity index (χ2n) is 15.1. The summed E-state index contributed by atoms with van der Waals surface area (Å²) >= 11 is 0. The standard InChI is InChI=1S/C43H88/c1-4-6-8-10-12-14-16-17-18-19-20-21-22-23-24-25-26-27-28-29-30-31-32-34-36-38-40-42-43(3)41-39-37-35-33-15-13-11-9-7-5-2/h43H,4-42H2,1-3H3. The van der Waals surface area contributed by atoms with Crippen LogP contribution in [0.3, 0.4) is 0 Å². The summed E-state index contributed by atoms with van der Waals surface area (Å²) in [6, 6.07) is 0. The molecule has 0 N–H and O–H groups in total. The van der Waals surface area contributed by atoms with Gasteiger partial charge in [0, 0.05) is 0 Å². The zero-order valence-electron chi connectivity index (χ0n) is 31.2.